The van der Waals surface area contributed by atoms with Gasteiger partial charge in [-0.2, -0.15) is 0 Å². The van der Waals surface area contributed by atoms with Crippen LogP contribution in [0, 0.1) is 13.8 Å². The summed E-state index contributed by atoms with van der Waals surface area (Å²) in [7, 11) is 0. The fourth-order valence-electron chi connectivity index (χ4n) is 2.38. The van der Waals surface area contributed by atoms with Crippen molar-refractivity contribution >= 4 is 17.6 Å². The molecule has 0 aliphatic rings. The predicted molar refractivity (Wildman–Crippen MR) is 98.0 cm³/mol. The minimum atomic E-state index is -0.186. The monoisotopic (exact) mass is 346 g/mol. The predicted octanol–water partition coefficient (Wildman–Crippen LogP) is 3.88. The molecule has 0 fully saturated rings. The lowest BCUT2D eigenvalue weighted by Crippen LogP contribution is -2.38. The summed E-state index contributed by atoms with van der Waals surface area (Å²) in [5, 5.41) is 6.34. The van der Waals surface area contributed by atoms with Crippen LogP contribution >= 0.6 is 11.6 Å². The Labute approximate surface area is 148 Å². The van der Waals surface area contributed by atoms with E-state index in [1.807, 2.05) is 56.3 Å². The Morgan fingerprint density at radius 2 is 1.62 bits per heavy atom. The van der Waals surface area contributed by atoms with Crippen molar-refractivity contribution in [2.24, 2.45) is 0 Å². The Hall–Kier alpha value is -2.20. The molecule has 0 aliphatic carbocycles. The van der Waals surface area contributed by atoms with Gasteiger partial charge >= 0.3 is 6.03 Å². The van der Waals surface area contributed by atoms with E-state index in [0.717, 1.165) is 28.9 Å². The molecule has 2 aromatic rings. The third-order valence-corrected chi connectivity index (χ3v) is 3.91. The van der Waals surface area contributed by atoms with Crippen LogP contribution in [0.2, 0.25) is 5.02 Å². The lowest BCUT2D eigenvalue weighted by molar-refractivity contribution is 0.236. The van der Waals surface area contributed by atoms with Gasteiger partial charge in [0.05, 0.1) is 6.54 Å². The molecule has 24 heavy (non-hydrogen) atoms. The van der Waals surface area contributed by atoms with Gasteiger partial charge in [-0.1, -0.05) is 41.9 Å². The number of nitrogens with one attached hydrogen (secondary N) is 2. The highest BCUT2D eigenvalue weighted by molar-refractivity contribution is 6.30. The number of carbonyl (C=O) groups excluding carboxylic acids is 1. The average molecular weight is 347 g/mol. The number of rotatable bonds is 7. The summed E-state index contributed by atoms with van der Waals surface area (Å²) < 4.78 is 5.75. The third kappa shape index (κ3) is 5.78. The van der Waals surface area contributed by atoms with Gasteiger partial charge in [0, 0.05) is 11.6 Å². The summed E-state index contributed by atoms with van der Waals surface area (Å²) in [6.45, 7) is 5.50. The Morgan fingerprint density at radius 3 is 2.29 bits per heavy atom. The summed E-state index contributed by atoms with van der Waals surface area (Å²) in [6.07, 6.45) is 0.767. The van der Waals surface area contributed by atoms with Crippen LogP contribution in [0.1, 0.15) is 16.7 Å². The maximum atomic E-state index is 11.7. The number of hydrogen-bond donors (Lipinski definition) is 2. The zero-order valence-electron chi connectivity index (χ0n) is 14.1. The number of amides is 2. The highest BCUT2D eigenvalue weighted by atomic mass is 35.5. The first-order valence-corrected chi connectivity index (χ1v) is 8.39. The Kier molecular flexibility index (Phi) is 6.94. The summed E-state index contributed by atoms with van der Waals surface area (Å²) in [6, 6.07) is 13.5. The smallest absolute Gasteiger partial charge is 0.314 e. The van der Waals surface area contributed by atoms with Crippen molar-refractivity contribution in [2.45, 2.75) is 20.3 Å². The number of benzene rings is 2. The molecule has 2 rings (SSSR count). The maximum Gasteiger partial charge on any atom is 0.314 e. The molecule has 0 spiro atoms. The maximum absolute atomic E-state index is 11.7. The highest BCUT2D eigenvalue weighted by Crippen LogP contribution is 2.21. The Bertz CT molecular complexity index is 651. The molecule has 0 radical (unpaired) electrons. The van der Waals surface area contributed by atoms with Gasteiger partial charge in [-0.05, 0) is 49.1 Å². The van der Waals surface area contributed by atoms with Gasteiger partial charge < -0.3 is 15.4 Å². The topological polar surface area (TPSA) is 50.4 Å². The van der Waals surface area contributed by atoms with E-state index in [1.165, 1.54) is 0 Å². The standard InChI is InChI=1S/C19H23ClN2O2/c1-14-4-3-5-15(2)18(14)24-13-12-22-19(23)21-11-10-16-6-8-17(20)9-7-16/h3-9H,10-13H2,1-2H3,(H2,21,22,23). The second-order valence-electron chi connectivity index (χ2n) is 5.63. The summed E-state index contributed by atoms with van der Waals surface area (Å²) >= 11 is 5.84. The van der Waals surface area contributed by atoms with E-state index in [-0.39, 0.29) is 6.03 Å². The molecular weight excluding hydrogens is 324 g/mol. The van der Waals surface area contributed by atoms with Crippen molar-refractivity contribution in [3.63, 3.8) is 0 Å². The molecule has 0 unspecified atom stereocenters. The summed E-state index contributed by atoms with van der Waals surface area (Å²) in [5.41, 5.74) is 3.34. The fourth-order valence-corrected chi connectivity index (χ4v) is 2.50. The van der Waals surface area contributed by atoms with Gasteiger partial charge in [-0.25, -0.2) is 4.79 Å². The number of carbonyl (C=O) groups is 1. The van der Waals surface area contributed by atoms with Gasteiger partial charge in [0.2, 0.25) is 0 Å². The van der Waals surface area contributed by atoms with Crippen molar-refractivity contribution in [1.82, 2.24) is 10.6 Å². The van der Waals surface area contributed by atoms with E-state index in [2.05, 4.69) is 10.6 Å². The molecule has 0 atom stereocenters. The minimum Gasteiger partial charge on any atom is -0.491 e. The molecule has 0 saturated carbocycles. The molecule has 0 saturated heterocycles. The van der Waals surface area contributed by atoms with Crippen LogP contribution < -0.4 is 15.4 Å². The second-order valence-corrected chi connectivity index (χ2v) is 6.06. The molecule has 2 N–H and O–H groups in total. The van der Waals surface area contributed by atoms with Crippen molar-refractivity contribution in [3.05, 3.63) is 64.2 Å². The number of aryl methyl sites for hydroxylation is 2. The third-order valence-electron chi connectivity index (χ3n) is 3.66. The average Bonchev–Trinajstić information content (AvgIpc) is 2.55. The number of halogens is 1. The van der Waals surface area contributed by atoms with Crippen LogP contribution in [0.15, 0.2) is 42.5 Å². The van der Waals surface area contributed by atoms with Crippen LogP contribution in [0.3, 0.4) is 0 Å². The largest absolute Gasteiger partial charge is 0.491 e. The number of hydrogen-bond acceptors (Lipinski definition) is 2. The van der Waals surface area contributed by atoms with Crippen LogP contribution in [0.5, 0.6) is 5.75 Å². The van der Waals surface area contributed by atoms with Gasteiger partial charge in [-0.15, -0.1) is 0 Å². The van der Waals surface area contributed by atoms with E-state index in [4.69, 9.17) is 16.3 Å². The van der Waals surface area contributed by atoms with Crippen LogP contribution in [-0.2, 0) is 6.42 Å². The van der Waals surface area contributed by atoms with E-state index in [1.54, 1.807) is 0 Å². The van der Waals surface area contributed by atoms with Crippen molar-refractivity contribution in [1.29, 1.82) is 0 Å². The number of para-hydroxylation sites is 1. The minimum absolute atomic E-state index is 0.186. The SMILES string of the molecule is Cc1cccc(C)c1OCCNC(=O)NCCc1ccc(Cl)cc1. The van der Waals surface area contributed by atoms with Crippen LogP contribution in [-0.4, -0.2) is 25.7 Å². The molecule has 0 bridgehead atoms. The first-order valence-electron chi connectivity index (χ1n) is 8.01. The zero-order valence-corrected chi connectivity index (χ0v) is 14.8. The van der Waals surface area contributed by atoms with Crippen LogP contribution in [0.4, 0.5) is 4.79 Å². The van der Waals surface area contributed by atoms with Crippen molar-refractivity contribution in [3.8, 4) is 5.75 Å². The molecule has 0 aromatic heterocycles. The van der Waals surface area contributed by atoms with Gasteiger partial charge in [0.25, 0.3) is 0 Å². The lowest BCUT2D eigenvalue weighted by atomic mass is 10.1. The number of urea groups is 1. The highest BCUT2D eigenvalue weighted by Gasteiger charge is 2.04. The van der Waals surface area contributed by atoms with Crippen LogP contribution in [0.25, 0.3) is 0 Å². The van der Waals surface area contributed by atoms with E-state index in [0.29, 0.717) is 24.7 Å². The first kappa shape index (κ1) is 18.1. The Morgan fingerprint density at radius 1 is 1.00 bits per heavy atom. The molecule has 2 aromatic carbocycles. The fraction of sp³-hybridized carbons (Fsp3) is 0.316. The molecule has 4 nitrogen and oxygen atoms in total. The lowest BCUT2D eigenvalue weighted by Gasteiger charge is -2.12. The second kappa shape index (κ2) is 9.18. The zero-order chi connectivity index (χ0) is 17.4. The molecule has 0 aliphatic heterocycles. The molecular formula is C19H23ClN2O2. The van der Waals surface area contributed by atoms with E-state index >= 15 is 0 Å². The van der Waals surface area contributed by atoms with Crippen molar-refractivity contribution in [2.75, 3.05) is 19.7 Å². The van der Waals surface area contributed by atoms with E-state index in [9.17, 15) is 4.79 Å². The molecule has 2 amide bonds. The quantitative estimate of drug-likeness (QED) is 0.747. The Balaban J connectivity index is 1.62. The molecule has 128 valence electrons. The summed E-state index contributed by atoms with van der Waals surface area (Å²) in [5.74, 6) is 0.891. The first-order chi connectivity index (χ1) is 11.6. The van der Waals surface area contributed by atoms with Gasteiger partial charge in [0.15, 0.2) is 0 Å². The summed E-state index contributed by atoms with van der Waals surface area (Å²) in [4.78, 5) is 11.7. The van der Waals surface area contributed by atoms with Gasteiger partial charge in [-0.3, -0.25) is 0 Å². The normalized spacial score (nSPS) is 10.3. The number of ether oxygens (including phenoxy) is 1. The van der Waals surface area contributed by atoms with E-state index < -0.39 is 0 Å². The van der Waals surface area contributed by atoms with Gasteiger partial charge in [0.1, 0.15) is 12.4 Å². The molecule has 5 heteroatoms. The molecule has 0 heterocycles. The van der Waals surface area contributed by atoms with Crippen molar-refractivity contribution < 1.29 is 9.53 Å².